The van der Waals surface area contributed by atoms with E-state index in [1.807, 2.05) is 0 Å². The monoisotopic (exact) mass is 429 g/mol. The van der Waals surface area contributed by atoms with Crippen LogP contribution in [0, 0.1) is 0 Å². The van der Waals surface area contributed by atoms with Crippen LogP contribution < -0.4 is 5.32 Å². The minimum atomic E-state index is -4.52. The van der Waals surface area contributed by atoms with Crippen molar-refractivity contribution in [3.63, 3.8) is 0 Å². The number of carbonyl (C=O) groups is 3. The van der Waals surface area contributed by atoms with E-state index < -0.39 is 29.6 Å². The summed E-state index contributed by atoms with van der Waals surface area (Å²) in [5.41, 5.74) is -0.693. The van der Waals surface area contributed by atoms with E-state index in [-0.39, 0.29) is 23.5 Å². The van der Waals surface area contributed by atoms with E-state index in [4.69, 9.17) is 4.42 Å². The number of nitrogens with one attached hydrogen (secondary N) is 1. The molecule has 0 unspecified atom stereocenters. The maximum Gasteiger partial charge on any atom is 0.416 e. The molecule has 0 atom stereocenters. The number of carbonyl (C=O) groups excluding carboxylic acids is 3. The number of hydrogen-bond donors (Lipinski definition) is 1. The molecule has 1 N–H and O–H groups in total. The molecule has 3 aromatic rings. The molecule has 1 aliphatic heterocycles. The summed E-state index contributed by atoms with van der Waals surface area (Å²) >= 11 is 0. The van der Waals surface area contributed by atoms with Gasteiger partial charge in [0.05, 0.1) is 18.4 Å². The SMILES string of the molecule is O=C1NC(=O)N(Cc2ccco2)C(=O)/C1=C/c1cccn1-c1cccc(C(F)(F)F)c1. The van der Waals surface area contributed by atoms with E-state index in [1.165, 1.54) is 41.3 Å². The molecule has 1 saturated heterocycles. The lowest BCUT2D eigenvalue weighted by molar-refractivity contribution is -0.137. The highest BCUT2D eigenvalue weighted by molar-refractivity contribution is 6.30. The van der Waals surface area contributed by atoms with Crippen molar-refractivity contribution in [2.24, 2.45) is 0 Å². The Kier molecular flexibility index (Phi) is 4.97. The third-order valence-corrected chi connectivity index (χ3v) is 4.60. The van der Waals surface area contributed by atoms with Gasteiger partial charge in [0, 0.05) is 17.6 Å². The Balaban J connectivity index is 1.69. The molecule has 158 valence electrons. The number of benzene rings is 1. The van der Waals surface area contributed by atoms with Gasteiger partial charge in [0.1, 0.15) is 11.3 Å². The number of alkyl halides is 3. The van der Waals surface area contributed by atoms with Crippen molar-refractivity contribution < 1.29 is 32.0 Å². The van der Waals surface area contributed by atoms with Gasteiger partial charge in [0.25, 0.3) is 11.8 Å². The average molecular weight is 429 g/mol. The fourth-order valence-electron chi connectivity index (χ4n) is 3.12. The van der Waals surface area contributed by atoms with Crippen LogP contribution in [-0.4, -0.2) is 27.3 Å². The van der Waals surface area contributed by atoms with Gasteiger partial charge in [-0.15, -0.1) is 0 Å². The molecule has 31 heavy (non-hydrogen) atoms. The molecular formula is C21H14F3N3O4. The number of rotatable bonds is 4. The summed E-state index contributed by atoms with van der Waals surface area (Å²) in [4.78, 5) is 38.0. The number of urea groups is 1. The van der Waals surface area contributed by atoms with Gasteiger partial charge in [-0.1, -0.05) is 6.07 Å². The van der Waals surface area contributed by atoms with E-state index in [0.717, 1.165) is 17.0 Å². The summed E-state index contributed by atoms with van der Waals surface area (Å²) in [5, 5.41) is 2.08. The maximum absolute atomic E-state index is 13.1. The van der Waals surface area contributed by atoms with Gasteiger partial charge >= 0.3 is 12.2 Å². The predicted octanol–water partition coefficient (Wildman–Crippen LogP) is 3.75. The lowest BCUT2D eigenvalue weighted by atomic mass is 10.1. The second-order valence-corrected chi connectivity index (χ2v) is 6.64. The molecule has 1 aliphatic rings. The largest absolute Gasteiger partial charge is 0.467 e. The molecule has 1 fully saturated rings. The van der Waals surface area contributed by atoms with Crippen molar-refractivity contribution in [2.75, 3.05) is 0 Å². The number of halogens is 3. The first-order valence-corrected chi connectivity index (χ1v) is 9.00. The summed E-state index contributed by atoms with van der Waals surface area (Å²) in [6, 6.07) is 9.98. The van der Waals surface area contributed by atoms with Crippen LogP contribution in [0.1, 0.15) is 17.0 Å². The highest BCUT2D eigenvalue weighted by Crippen LogP contribution is 2.31. The Bertz CT molecular complexity index is 1190. The van der Waals surface area contributed by atoms with E-state index in [1.54, 1.807) is 18.2 Å². The first kappa shape index (κ1) is 20.2. The lowest BCUT2D eigenvalue weighted by Crippen LogP contribution is -2.53. The second-order valence-electron chi connectivity index (χ2n) is 6.64. The van der Waals surface area contributed by atoms with Gasteiger partial charge in [-0.25, -0.2) is 4.79 Å². The number of hydrogen-bond acceptors (Lipinski definition) is 4. The number of barbiturate groups is 1. The Morgan fingerprint density at radius 2 is 1.84 bits per heavy atom. The zero-order valence-corrected chi connectivity index (χ0v) is 15.7. The second kappa shape index (κ2) is 7.63. The summed E-state index contributed by atoms with van der Waals surface area (Å²) in [7, 11) is 0. The quantitative estimate of drug-likeness (QED) is 0.506. The fraction of sp³-hybridized carbons (Fsp3) is 0.0952. The molecule has 4 rings (SSSR count). The van der Waals surface area contributed by atoms with Crippen molar-refractivity contribution in [1.29, 1.82) is 0 Å². The van der Waals surface area contributed by atoms with Crippen molar-refractivity contribution in [3.8, 4) is 5.69 Å². The summed E-state index contributed by atoms with van der Waals surface area (Å²) in [5.74, 6) is -1.41. The van der Waals surface area contributed by atoms with Crippen molar-refractivity contribution in [3.05, 3.63) is 83.6 Å². The summed E-state index contributed by atoms with van der Waals surface area (Å²) < 4.78 is 45.7. The van der Waals surface area contributed by atoms with E-state index in [0.29, 0.717) is 5.76 Å². The zero-order chi connectivity index (χ0) is 22.2. The van der Waals surface area contributed by atoms with E-state index >= 15 is 0 Å². The Labute approximate surface area is 173 Å². The first-order valence-electron chi connectivity index (χ1n) is 9.00. The normalized spacial score (nSPS) is 16.2. The highest BCUT2D eigenvalue weighted by atomic mass is 19.4. The molecule has 7 nitrogen and oxygen atoms in total. The number of aromatic nitrogens is 1. The van der Waals surface area contributed by atoms with Crippen LogP contribution in [0.4, 0.5) is 18.0 Å². The number of amides is 4. The van der Waals surface area contributed by atoms with Crippen LogP contribution in [0.3, 0.4) is 0 Å². The molecule has 0 spiro atoms. The highest BCUT2D eigenvalue weighted by Gasteiger charge is 2.36. The molecule has 0 saturated carbocycles. The average Bonchev–Trinajstić information content (AvgIpc) is 3.40. The molecule has 10 heteroatoms. The Hall–Kier alpha value is -4.08. The summed E-state index contributed by atoms with van der Waals surface area (Å²) in [6.07, 6.45) is -0.419. The number of furan rings is 1. The van der Waals surface area contributed by atoms with E-state index in [2.05, 4.69) is 5.32 Å². The molecule has 0 aliphatic carbocycles. The van der Waals surface area contributed by atoms with Crippen LogP contribution in [0.15, 0.2) is 71.0 Å². The number of nitrogens with zero attached hydrogens (tertiary/aromatic N) is 2. The van der Waals surface area contributed by atoms with Crippen molar-refractivity contribution in [2.45, 2.75) is 12.7 Å². The molecule has 1 aromatic carbocycles. The van der Waals surface area contributed by atoms with Crippen LogP contribution in [0.5, 0.6) is 0 Å². The Morgan fingerprint density at radius 1 is 1.03 bits per heavy atom. The van der Waals surface area contributed by atoms with Gasteiger partial charge in [-0.3, -0.25) is 19.8 Å². The van der Waals surface area contributed by atoms with Crippen LogP contribution in [0.25, 0.3) is 11.8 Å². The van der Waals surface area contributed by atoms with Crippen molar-refractivity contribution >= 4 is 23.9 Å². The fourth-order valence-corrected chi connectivity index (χ4v) is 3.12. The molecule has 2 aromatic heterocycles. The molecule has 4 amide bonds. The summed E-state index contributed by atoms with van der Waals surface area (Å²) in [6.45, 7) is -0.184. The lowest BCUT2D eigenvalue weighted by Gasteiger charge is -2.25. The van der Waals surface area contributed by atoms with E-state index in [9.17, 15) is 27.6 Å². The minimum absolute atomic E-state index is 0.184. The van der Waals surface area contributed by atoms with Crippen LogP contribution in [0.2, 0.25) is 0 Å². The standard InChI is InChI=1S/C21H14F3N3O4/c22-21(23,24)13-4-1-5-14(10-13)26-8-2-6-15(26)11-17-18(28)25-20(30)27(19(17)29)12-16-7-3-9-31-16/h1-11H,12H2,(H,25,28,30)/b17-11+. The zero-order valence-electron chi connectivity index (χ0n) is 15.7. The number of imide groups is 2. The topological polar surface area (TPSA) is 84.6 Å². The molecular weight excluding hydrogens is 415 g/mol. The maximum atomic E-state index is 13.1. The van der Waals surface area contributed by atoms with Gasteiger partial charge in [-0.2, -0.15) is 13.2 Å². The van der Waals surface area contributed by atoms with Gasteiger partial charge < -0.3 is 8.98 Å². The predicted molar refractivity (Wildman–Crippen MR) is 102 cm³/mol. The molecule has 3 heterocycles. The van der Waals surface area contributed by atoms with Gasteiger partial charge in [-0.05, 0) is 48.5 Å². The third-order valence-electron chi connectivity index (χ3n) is 4.60. The third kappa shape index (κ3) is 4.00. The smallest absolute Gasteiger partial charge is 0.416 e. The van der Waals surface area contributed by atoms with Gasteiger partial charge in [0.15, 0.2) is 0 Å². The Morgan fingerprint density at radius 3 is 2.55 bits per heavy atom. The van der Waals surface area contributed by atoms with Gasteiger partial charge in [0.2, 0.25) is 0 Å². The van der Waals surface area contributed by atoms with Crippen LogP contribution in [-0.2, 0) is 22.3 Å². The molecule has 0 radical (unpaired) electrons. The first-order chi connectivity index (χ1) is 14.7. The van der Waals surface area contributed by atoms with Crippen molar-refractivity contribution in [1.82, 2.24) is 14.8 Å². The minimum Gasteiger partial charge on any atom is -0.467 e. The van der Waals surface area contributed by atoms with Crippen LogP contribution >= 0.6 is 0 Å². The molecule has 0 bridgehead atoms.